The van der Waals surface area contributed by atoms with Crippen LogP contribution in [-0.4, -0.2) is 26.5 Å². The quantitative estimate of drug-likeness (QED) is 0.880. The molecule has 0 radical (unpaired) electrons. The number of hydrogen-bond acceptors (Lipinski definition) is 4. The molecule has 2 rings (SSSR count). The predicted octanol–water partition coefficient (Wildman–Crippen LogP) is 1.21. The number of anilines is 1. The van der Waals surface area contributed by atoms with E-state index in [1.807, 2.05) is 0 Å². The lowest BCUT2D eigenvalue weighted by Crippen LogP contribution is -2.21. The fourth-order valence-corrected chi connectivity index (χ4v) is 1.80. The average Bonchev–Trinajstić information content (AvgIpc) is 2.49. The summed E-state index contributed by atoms with van der Waals surface area (Å²) < 4.78 is 1.42. The van der Waals surface area contributed by atoms with Crippen LogP contribution in [0.5, 0.6) is 0 Å². The van der Waals surface area contributed by atoms with Crippen molar-refractivity contribution < 1.29 is 14.7 Å². The van der Waals surface area contributed by atoms with Crippen LogP contribution in [0.3, 0.4) is 0 Å². The van der Waals surface area contributed by atoms with E-state index in [9.17, 15) is 14.4 Å². The summed E-state index contributed by atoms with van der Waals surface area (Å²) in [5, 5.41) is 11.6. The molecule has 7 heteroatoms. The van der Waals surface area contributed by atoms with Gasteiger partial charge >= 0.3 is 5.97 Å². The highest BCUT2D eigenvalue weighted by Crippen LogP contribution is 2.10. The van der Waals surface area contributed by atoms with Gasteiger partial charge in [-0.1, -0.05) is 0 Å². The van der Waals surface area contributed by atoms with Crippen LogP contribution in [0.2, 0.25) is 0 Å². The van der Waals surface area contributed by atoms with Gasteiger partial charge in [0, 0.05) is 25.0 Å². The summed E-state index contributed by atoms with van der Waals surface area (Å²) in [6.07, 6.45) is 2.83. The normalized spacial score (nSPS) is 10.1. The Kier molecular flexibility index (Phi) is 4.13. The summed E-state index contributed by atoms with van der Waals surface area (Å²) in [4.78, 5) is 38.4. The van der Waals surface area contributed by atoms with Crippen molar-refractivity contribution in [2.24, 2.45) is 0 Å². The Morgan fingerprint density at radius 3 is 2.76 bits per heavy atom. The summed E-state index contributed by atoms with van der Waals surface area (Å²) in [5.41, 5.74) is -0.152. The maximum Gasteiger partial charge on any atom is 0.338 e. The highest BCUT2D eigenvalue weighted by Gasteiger charge is 2.17. The number of aryl methyl sites for hydroxylation is 1. The van der Waals surface area contributed by atoms with E-state index in [1.165, 1.54) is 41.2 Å². The van der Waals surface area contributed by atoms with Crippen LogP contribution in [0.1, 0.15) is 27.8 Å². The number of carboxylic acids is 1. The molecule has 2 heterocycles. The first-order valence-corrected chi connectivity index (χ1v) is 6.23. The zero-order valence-corrected chi connectivity index (χ0v) is 11.2. The van der Waals surface area contributed by atoms with Crippen molar-refractivity contribution in [3.05, 3.63) is 58.3 Å². The van der Waals surface area contributed by atoms with Gasteiger partial charge in [0.2, 0.25) is 0 Å². The number of carbonyl (C=O) groups excluding carboxylic acids is 1. The number of aromatic carboxylic acids is 1. The van der Waals surface area contributed by atoms with Crippen LogP contribution >= 0.6 is 0 Å². The summed E-state index contributed by atoms with van der Waals surface area (Å²) in [7, 11) is 0. The first-order chi connectivity index (χ1) is 10.0. The second-order valence-corrected chi connectivity index (χ2v) is 4.20. The monoisotopic (exact) mass is 287 g/mol. The molecular formula is C14H13N3O4. The summed E-state index contributed by atoms with van der Waals surface area (Å²) >= 11 is 0. The number of aromatic nitrogens is 2. The number of nitrogens with one attached hydrogen (secondary N) is 1. The van der Waals surface area contributed by atoms with Gasteiger partial charge < -0.3 is 15.0 Å². The number of carbonyl (C=O) groups is 2. The van der Waals surface area contributed by atoms with Crippen molar-refractivity contribution in [2.45, 2.75) is 13.5 Å². The van der Waals surface area contributed by atoms with Crippen molar-refractivity contribution in [1.82, 2.24) is 9.55 Å². The molecule has 2 N–H and O–H groups in total. The third-order valence-corrected chi connectivity index (χ3v) is 2.84. The van der Waals surface area contributed by atoms with Crippen molar-refractivity contribution in [1.29, 1.82) is 0 Å². The molecule has 0 aromatic carbocycles. The molecular weight excluding hydrogens is 274 g/mol. The summed E-state index contributed by atoms with van der Waals surface area (Å²) in [5.74, 6) is -1.87. The number of rotatable bonds is 4. The Morgan fingerprint density at radius 2 is 2.10 bits per heavy atom. The fraction of sp³-hybridized carbons (Fsp3) is 0.143. The van der Waals surface area contributed by atoms with Gasteiger partial charge in [0.05, 0.1) is 11.3 Å². The van der Waals surface area contributed by atoms with E-state index >= 15 is 0 Å². The van der Waals surface area contributed by atoms with E-state index in [2.05, 4.69) is 10.3 Å². The first kappa shape index (κ1) is 14.4. The van der Waals surface area contributed by atoms with E-state index in [-0.39, 0.29) is 16.8 Å². The van der Waals surface area contributed by atoms with Crippen molar-refractivity contribution >= 4 is 17.6 Å². The summed E-state index contributed by atoms with van der Waals surface area (Å²) in [6.45, 7) is 2.26. The fourth-order valence-electron chi connectivity index (χ4n) is 1.80. The lowest BCUT2D eigenvalue weighted by molar-refractivity contribution is 0.0691. The third-order valence-electron chi connectivity index (χ3n) is 2.84. The molecule has 0 atom stereocenters. The topological polar surface area (TPSA) is 101 Å². The van der Waals surface area contributed by atoms with Crippen LogP contribution in [0.15, 0.2) is 41.5 Å². The maximum absolute atomic E-state index is 12.1. The lowest BCUT2D eigenvalue weighted by atomic mass is 10.2. The average molecular weight is 287 g/mol. The van der Waals surface area contributed by atoms with Crippen molar-refractivity contribution in [2.75, 3.05) is 5.32 Å². The van der Waals surface area contributed by atoms with E-state index < -0.39 is 11.9 Å². The molecule has 2 aromatic heterocycles. The van der Waals surface area contributed by atoms with Gasteiger partial charge in [-0.2, -0.15) is 0 Å². The van der Waals surface area contributed by atoms with Gasteiger partial charge in [-0.15, -0.1) is 0 Å². The van der Waals surface area contributed by atoms with E-state index in [4.69, 9.17) is 5.11 Å². The lowest BCUT2D eigenvalue weighted by Gasteiger charge is -2.08. The molecule has 0 aliphatic heterocycles. The molecule has 108 valence electrons. The highest BCUT2D eigenvalue weighted by molar-refractivity contribution is 6.09. The van der Waals surface area contributed by atoms with Gasteiger partial charge in [0.1, 0.15) is 5.69 Å². The van der Waals surface area contributed by atoms with Gasteiger partial charge in [-0.25, -0.2) is 4.79 Å². The van der Waals surface area contributed by atoms with Gasteiger partial charge in [-0.3, -0.25) is 14.6 Å². The van der Waals surface area contributed by atoms with Crippen LogP contribution in [0.25, 0.3) is 0 Å². The highest BCUT2D eigenvalue weighted by atomic mass is 16.4. The Hall–Kier alpha value is -2.96. The molecule has 0 bridgehead atoms. The number of amides is 1. The molecule has 0 fully saturated rings. The molecule has 0 aliphatic rings. The third kappa shape index (κ3) is 3.14. The molecule has 0 spiro atoms. The zero-order valence-electron chi connectivity index (χ0n) is 11.2. The minimum Gasteiger partial charge on any atom is -0.478 e. The molecule has 21 heavy (non-hydrogen) atoms. The Balaban J connectivity index is 2.30. The Morgan fingerprint density at radius 1 is 1.33 bits per heavy atom. The van der Waals surface area contributed by atoms with Gasteiger partial charge in [0.15, 0.2) is 0 Å². The van der Waals surface area contributed by atoms with Crippen molar-refractivity contribution in [3.63, 3.8) is 0 Å². The molecule has 7 nitrogen and oxygen atoms in total. The van der Waals surface area contributed by atoms with Crippen LogP contribution in [0.4, 0.5) is 5.69 Å². The number of pyridine rings is 2. The molecule has 0 saturated carbocycles. The van der Waals surface area contributed by atoms with Gasteiger partial charge in [-0.05, 0) is 25.1 Å². The number of carboxylic acid groups (broad SMARTS) is 1. The minimum atomic E-state index is -1.23. The van der Waals surface area contributed by atoms with Crippen LogP contribution in [-0.2, 0) is 6.54 Å². The maximum atomic E-state index is 12.1. The second kappa shape index (κ2) is 6.00. The number of hydrogen-bond donors (Lipinski definition) is 2. The Bertz CT molecular complexity index is 752. The second-order valence-electron chi connectivity index (χ2n) is 4.20. The standard InChI is InChI=1S/C14H13N3O4/c1-2-17-8-9(5-6-11(17)18)16-13(19)12-10(14(20)21)4-3-7-15-12/h3-8H,2H2,1H3,(H,16,19)(H,20,21). The molecule has 0 unspecified atom stereocenters. The van der Waals surface area contributed by atoms with Crippen molar-refractivity contribution in [3.8, 4) is 0 Å². The molecule has 2 aromatic rings. The van der Waals surface area contributed by atoms with E-state index in [0.717, 1.165) is 0 Å². The van der Waals surface area contributed by atoms with Crippen LogP contribution < -0.4 is 10.9 Å². The van der Waals surface area contributed by atoms with E-state index in [1.54, 1.807) is 6.92 Å². The zero-order chi connectivity index (χ0) is 15.4. The predicted molar refractivity (Wildman–Crippen MR) is 75.5 cm³/mol. The molecule has 0 aliphatic carbocycles. The van der Waals surface area contributed by atoms with E-state index in [0.29, 0.717) is 12.2 Å². The Labute approximate surface area is 119 Å². The van der Waals surface area contributed by atoms with Crippen LogP contribution in [0, 0.1) is 0 Å². The molecule has 0 saturated heterocycles. The summed E-state index contributed by atoms with van der Waals surface area (Å²) in [6, 6.07) is 5.53. The molecule has 1 amide bonds. The largest absolute Gasteiger partial charge is 0.478 e. The smallest absolute Gasteiger partial charge is 0.338 e. The number of nitrogens with zero attached hydrogens (tertiary/aromatic N) is 2. The first-order valence-electron chi connectivity index (χ1n) is 6.23. The van der Waals surface area contributed by atoms with Gasteiger partial charge in [0.25, 0.3) is 11.5 Å². The minimum absolute atomic E-state index is 0.181. The SMILES string of the molecule is CCn1cc(NC(=O)c2ncccc2C(=O)O)ccc1=O.